The fraction of sp³-hybridized carbons (Fsp3) is 0.250. The zero-order valence-electron chi connectivity index (χ0n) is 12.7. The number of nitrogens with one attached hydrogen (secondary N) is 1. The van der Waals surface area contributed by atoms with Crippen LogP contribution in [0.2, 0.25) is 0 Å². The van der Waals surface area contributed by atoms with Crippen LogP contribution in [0.3, 0.4) is 0 Å². The summed E-state index contributed by atoms with van der Waals surface area (Å²) in [5.74, 6) is -0.469. The molecule has 0 aliphatic carbocycles. The summed E-state index contributed by atoms with van der Waals surface area (Å²) in [7, 11) is 0. The maximum atomic E-state index is 10.4. The molecule has 118 valence electrons. The Morgan fingerprint density at radius 1 is 1.26 bits per heavy atom. The second-order valence-electron chi connectivity index (χ2n) is 5.12. The van der Waals surface area contributed by atoms with Crippen LogP contribution in [-0.2, 0) is 11.4 Å². The topological polar surface area (TPSA) is 115 Å². The van der Waals surface area contributed by atoms with Crippen LogP contribution < -0.4 is 5.32 Å². The molecule has 7 nitrogen and oxygen atoms in total. The average molecular weight is 311 g/mol. The Kier molecular flexibility index (Phi) is 5.12. The monoisotopic (exact) mass is 311 g/mol. The van der Waals surface area contributed by atoms with Gasteiger partial charge in [0, 0.05) is 11.4 Å². The van der Waals surface area contributed by atoms with Crippen molar-refractivity contribution in [3.63, 3.8) is 0 Å². The number of allylic oxidation sites excluding steroid dienone is 4. The maximum absolute atomic E-state index is 10.4. The van der Waals surface area contributed by atoms with Gasteiger partial charge in [-0.15, -0.1) is 5.39 Å². The summed E-state index contributed by atoms with van der Waals surface area (Å²) in [6, 6.07) is 11.3. The minimum Gasteiger partial charge on any atom is -0.738 e. The third-order valence-corrected chi connectivity index (χ3v) is 3.63. The van der Waals surface area contributed by atoms with Gasteiger partial charge in [0.05, 0.1) is 35.8 Å². The molecule has 2 rings (SSSR count). The van der Waals surface area contributed by atoms with Gasteiger partial charge in [-0.05, 0) is 25.0 Å². The molecule has 0 aromatic heterocycles. The number of nitrogens with zero attached hydrogens (tertiary/aromatic N) is 3. The Labute approximate surface area is 133 Å². The number of nitriles is 2. The van der Waals surface area contributed by atoms with Crippen LogP contribution in [0.1, 0.15) is 30.9 Å². The van der Waals surface area contributed by atoms with Crippen molar-refractivity contribution in [2.45, 2.75) is 26.4 Å². The zero-order chi connectivity index (χ0) is 17.0. The van der Waals surface area contributed by atoms with E-state index in [1.807, 2.05) is 6.07 Å². The quantitative estimate of drug-likeness (QED) is 0.821. The van der Waals surface area contributed by atoms with Crippen LogP contribution in [0, 0.1) is 27.9 Å². The first-order valence-electron chi connectivity index (χ1n) is 6.84. The normalized spacial score (nSPS) is 15.4. The Balaban J connectivity index is 2.45. The third kappa shape index (κ3) is 3.57. The molecule has 0 unspecified atom stereocenters. The van der Waals surface area contributed by atoms with E-state index in [2.05, 4.69) is 22.3 Å². The molecule has 1 aliphatic heterocycles. The molecule has 0 radical (unpaired) electrons. The molecule has 0 saturated carbocycles. The first-order valence-corrected chi connectivity index (χ1v) is 6.84. The molecule has 1 aromatic carbocycles. The van der Waals surface area contributed by atoms with Crippen molar-refractivity contribution in [3.8, 4) is 12.1 Å². The molecule has 7 heteroatoms. The number of dihydropyridines is 1. The fourth-order valence-corrected chi connectivity index (χ4v) is 2.62. The minimum atomic E-state index is -0.604. The molecule has 0 fully saturated rings. The van der Waals surface area contributed by atoms with Crippen molar-refractivity contribution in [3.05, 3.63) is 63.1 Å². The Morgan fingerprint density at radius 3 is 2.39 bits per heavy atom. The highest BCUT2D eigenvalue weighted by atomic mass is 17.1. The van der Waals surface area contributed by atoms with Crippen LogP contribution in [0.15, 0.2) is 46.8 Å². The lowest BCUT2D eigenvalue weighted by molar-refractivity contribution is -0.312. The zero-order valence-corrected chi connectivity index (χ0v) is 12.7. The fourth-order valence-electron chi connectivity index (χ4n) is 2.62. The second-order valence-corrected chi connectivity index (χ2v) is 5.12. The van der Waals surface area contributed by atoms with Crippen molar-refractivity contribution < 1.29 is 10.0 Å². The van der Waals surface area contributed by atoms with E-state index in [-0.39, 0.29) is 6.61 Å². The Hall–Kier alpha value is -2.68. The highest BCUT2D eigenvalue weighted by Crippen LogP contribution is 2.37. The van der Waals surface area contributed by atoms with Gasteiger partial charge in [-0.2, -0.15) is 10.5 Å². The predicted molar refractivity (Wildman–Crippen MR) is 80.7 cm³/mol. The third-order valence-electron chi connectivity index (χ3n) is 3.63. The molecule has 1 aliphatic rings. The first kappa shape index (κ1) is 16.7. The summed E-state index contributed by atoms with van der Waals surface area (Å²) in [4.78, 5) is 4.49. The Morgan fingerprint density at radius 2 is 1.87 bits per heavy atom. The van der Waals surface area contributed by atoms with Crippen molar-refractivity contribution in [1.29, 1.82) is 10.5 Å². The summed E-state index contributed by atoms with van der Waals surface area (Å²) < 4.78 is 0. The van der Waals surface area contributed by atoms with Crippen molar-refractivity contribution in [2.24, 2.45) is 0 Å². The van der Waals surface area contributed by atoms with Gasteiger partial charge in [-0.3, -0.25) is 4.84 Å². The van der Waals surface area contributed by atoms with E-state index in [4.69, 9.17) is 5.21 Å². The van der Waals surface area contributed by atoms with Crippen LogP contribution in [0.5, 0.6) is 0 Å². The van der Waals surface area contributed by atoms with Gasteiger partial charge in [0.2, 0.25) is 0 Å². The second kappa shape index (κ2) is 7.05. The van der Waals surface area contributed by atoms with E-state index in [0.717, 1.165) is 5.56 Å². The summed E-state index contributed by atoms with van der Waals surface area (Å²) in [6.07, 6.45) is 0. The highest BCUT2D eigenvalue weighted by molar-refractivity contribution is 5.55. The number of hydrogen-bond donors (Lipinski definition) is 2. The SMILES string of the molecule is CC1=C(C#N)C(c2cccc(CON([O-])O)c2)C(C#N)=C(C)N1. The van der Waals surface area contributed by atoms with E-state index in [1.54, 1.807) is 32.0 Å². The van der Waals surface area contributed by atoms with E-state index in [0.29, 0.717) is 28.1 Å². The van der Waals surface area contributed by atoms with Crippen LogP contribution in [0.4, 0.5) is 0 Å². The van der Waals surface area contributed by atoms with E-state index < -0.39 is 11.3 Å². The van der Waals surface area contributed by atoms with Gasteiger partial charge in [0.1, 0.15) is 0 Å². The van der Waals surface area contributed by atoms with Gasteiger partial charge >= 0.3 is 0 Å². The van der Waals surface area contributed by atoms with E-state index >= 15 is 0 Å². The molecule has 0 bridgehead atoms. The molecule has 0 atom stereocenters. The van der Waals surface area contributed by atoms with Crippen molar-refractivity contribution >= 4 is 0 Å². The lowest BCUT2D eigenvalue weighted by Gasteiger charge is -2.26. The van der Waals surface area contributed by atoms with Gasteiger partial charge in [0.25, 0.3) is 0 Å². The molecule has 1 aromatic rings. The van der Waals surface area contributed by atoms with Gasteiger partial charge in [-0.1, -0.05) is 24.3 Å². The average Bonchev–Trinajstić information content (AvgIpc) is 2.52. The molecule has 1 heterocycles. The highest BCUT2D eigenvalue weighted by Gasteiger charge is 2.29. The Bertz CT molecular complexity index is 717. The number of hydrogen-bond acceptors (Lipinski definition) is 7. The van der Waals surface area contributed by atoms with E-state index in [9.17, 15) is 15.7 Å². The summed E-state index contributed by atoms with van der Waals surface area (Å²) >= 11 is 0. The van der Waals surface area contributed by atoms with Crippen molar-refractivity contribution in [2.75, 3.05) is 0 Å². The van der Waals surface area contributed by atoms with Crippen LogP contribution in [-0.4, -0.2) is 10.6 Å². The predicted octanol–water partition coefficient (Wildman–Crippen LogP) is 2.59. The van der Waals surface area contributed by atoms with Crippen LogP contribution in [0.25, 0.3) is 0 Å². The summed E-state index contributed by atoms with van der Waals surface area (Å²) in [6.45, 7) is 3.46. The lowest BCUT2D eigenvalue weighted by atomic mass is 9.81. The summed E-state index contributed by atoms with van der Waals surface area (Å²) in [5.41, 5.74) is 3.74. The number of rotatable bonds is 4. The summed E-state index contributed by atoms with van der Waals surface area (Å²) in [5, 5.41) is 40.3. The number of benzene rings is 1. The smallest absolute Gasteiger partial charge is 0.0975 e. The maximum Gasteiger partial charge on any atom is 0.0975 e. The van der Waals surface area contributed by atoms with Gasteiger partial charge < -0.3 is 15.7 Å². The molecular formula is C16H15N4O3-. The lowest BCUT2D eigenvalue weighted by Crippen LogP contribution is -2.23. The molecule has 0 amide bonds. The molecular weight excluding hydrogens is 296 g/mol. The van der Waals surface area contributed by atoms with Gasteiger partial charge in [0.15, 0.2) is 0 Å². The molecule has 0 spiro atoms. The van der Waals surface area contributed by atoms with Crippen molar-refractivity contribution in [1.82, 2.24) is 10.7 Å². The van der Waals surface area contributed by atoms with E-state index in [1.165, 1.54) is 0 Å². The molecule has 2 N–H and O–H groups in total. The minimum absolute atomic E-state index is 0.117. The standard InChI is InChI=1S/C16H15N4O3/c1-10-14(7-17)16(15(8-18)11(2)19-10)13-5-3-4-12(6-13)9-23-20(21)22/h3-6,16,19,21H,9H2,1-2H3/q-1. The van der Waals surface area contributed by atoms with Gasteiger partial charge in [-0.25, -0.2) is 0 Å². The molecule has 0 saturated heterocycles. The largest absolute Gasteiger partial charge is 0.738 e. The van der Waals surface area contributed by atoms with Crippen LogP contribution >= 0.6 is 0 Å². The first-order chi connectivity index (χ1) is 11.0. The molecule has 23 heavy (non-hydrogen) atoms.